The molecular weight excluding hydrogens is 266 g/mol. The maximum Gasteiger partial charge on any atom is 0.258 e. The van der Waals surface area contributed by atoms with E-state index < -0.39 is 0 Å². The van der Waals surface area contributed by atoms with Crippen LogP contribution in [0.1, 0.15) is 10.4 Å². The zero-order chi connectivity index (χ0) is 14.8. The Balaban J connectivity index is 1.92. The predicted molar refractivity (Wildman–Crippen MR) is 81.8 cm³/mol. The van der Waals surface area contributed by atoms with E-state index in [1.165, 1.54) is 0 Å². The summed E-state index contributed by atoms with van der Waals surface area (Å²) in [6.07, 6.45) is 1.73. The molecule has 0 radical (unpaired) electrons. The van der Waals surface area contributed by atoms with Crippen LogP contribution in [0.15, 0.2) is 48.7 Å². The van der Waals surface area contributed by atoms with E-state index in [0.717, 1.165) is 22.3 Å². The SMILES string of the molecule is COc1cccc(N(C)C(=O)c2ccc3cn[nH]c3c2)c1. The molecule has 1 heterocycles. The van der Waals surface area contributed by atoms with E-state index in [2.05, 4.69) is 10.2 Å². The first kappa shape index (κ1) is 13.2. The number of hydrogen-bond acceptors (Lipinski definition) is 3. The van der Waals surface area contributed by atoms with Crippen LogP contribution in [0.2, 0.25) is 0 Å². The highest BCUT2D eigenvalue weighted by molar-refractivity contribution is 6.07. The monoisotopic (exact) mass is 281 g/mol. The highest BCUT2D eigenvalue weighted by Gasteiger charge is 2.14. The van der Waals surface area contributed by atoms with Crippen molar-refractivity contribution >= 4 is 22.5 Å². The molecule has 5 heteroatoms. The van der Waals surface area contributed by atoms with Crippen LogP contribution in [0.25, 0.3) is 10.9 Å². The Hall–Kier alpha value is -2.82. The van der Waals surface area contributed by atoms with Crippen molar-refractivity contribution in [2.45, 2.75) is 0 Å². The van der Waals surface area contributed by atoms with Crippen LogP contribution in [-0.2, 0) is 0 Å². The van der Waals surface area contributed by atoms with Gasteiger partial charge in [0.25, 0.3) is 5.91 Å². The number of fused-ring (bicyclic) bond motifs is 1. The molecule has 1 aromatic heterocycles. The number of benzene rings is 2. The van der Waals surface area contributed by atoms with Crippen LogP contribution >= 0.6 is 0 Å². The standard InChI is InChI=1S/C16H15N3O2/c1-19(13-4-3-5-14(9-13)21-2)16(20)11-6-7-12-10-17-18-15(12)8-11/h3-10H,1-2H3,(H,17,18). The van der Waals surface area contributed by atoms with Gasteiger partial charge in [-0.3, -0.25) is 9.89 Å². The Morgan fingerprint density at radius 3 is 2.90 bits per heavy atom. The maximum absolute atomic E-state index is 12.6. The number of H-pyrrole nitrogens is 1. The Morgan fingerprint density at radius 2 is 2.10 bits per heavy atom. The molecule has 106 valence electrons. The summed E-state index contributed by atoms with van der Waals surface area (Å²) in [5.41, 5.74) is 2.24. The molecule has 5 nitrogen and oxygen atoms in total. The van der Waals surface area contributed by atoms with Crippen molar-refractivity contribution in [1.29, 1.82) is 0 Å². The molecule has 0 aliphatic rings. The van der Waals surface area contributed by atoms with E-state index in [1.807, 2.05) is 30.3 Å². The largest absolute Gasteiger partial charge is 0.497 e. The third-order valence-corrected chi connectivity index (χ3v) is 3.43. The summed E-state index contributed by atoms with van der Waals surface area (Å²) in [6.45, 7) is 0. The van der Waals surface area contributed by atoms with E-state index in [1.54, 1.807) is 37.4 Å². The average molecular weight is 281 g/mol. The lowest BCUT2D eigenvalue weighted by atomic mass is 10.1. The Bertz CT molecular complexity index is 795. The number of hydrogen-bond donors (Lipinski definition) is 1. The van der Waals surface area contributed by atoms with Gasteiger partial charge in [-0.1, -0.05) is 12.1 Å². The molecule has 0 aliphatic carbocycles. The van der Waals surface area contributed by atoms with Crippen LogP contribution in [0, 0.1) is 0 Å². The summed E-state index contributed by atoms with van der Waals surface area (Å²) in [6, 6.07) is 12.9. The molecule has 1 amide bonds. The fourth-order valence-electron chi connectivity index (χ4n) is 2.20. The number of amides is 1. The molecule has 0 saturated heterocycles. The lowest BCUT2D eigenvalue weighted by molar-refractivity contribution is 0.0993. The number of methoxy groups -OCH3 is 1. The molecular formula is C16H15N3O2. The van der Waals surface area contributed by atoms with Crippen molar-refractivity contribution in [2.24, 2.45) is 0 Å². The first-order chi connectivity index (χ1) is 10.2. The predicted octanol–water partition coefficient (Wildman–Crippen LogP) is 2.85. The molecule has 0 bridgehead atoms. The lowest BCUT2D eigenvalue weighted by Gasteiger charge is -2.18. The summed E-state index contributed by atoms with van der Waals surface area (Å²) in [5.74, 6) is 0.635. The smallest absolute Gasteiger partial charge is 0.258 e. The molecule has 0 aliphatic heterocycles. The zero-order valence-corrected chi connectivity index (χ0v) is 11.8. The van der Waals surface area contributed by atoms with E-state index in [4.69, 9.17) is 4.74 Å². The Kier molecular flexibility index (Phi) is 3.31. The third-order valence-electron chi connectivity index (χ3n) is 3.43. The second-order valence-electron chi connectivity index (χ2n) is 4.74. The Morgan fingerprint density at radius 1 is 1.24 bits per heavy atom. The van der Waals surface area contributed by atoms with Crippen molar-refractivity contribution in [1.82, 2.24) is 10.2 Å². The highest BCUT2D eigenvalue weighted by Crippen LogP contribution is 2.22. The van der Waals surface area contributed by atoms with Crippen molar-refractivity contribution in [2.75, 3.05) is 19.1 Å². The average Bonchev–Trinajstić information content (AvgIpc) is 3.01. The molecule has 0 atom stereocenters. The summed E-state index contributed by atoms with van der Waals surface area (Å²) in [7, 11) is 3.35. The van der Waals surface area contributed by atoms with Gasteiger partial charge in [-0.25, -0.2) is 0 Å². The number of nitrogens with zero attached hydrogens (tertiary/aromatic N) is 2. The summed E-state index contributed by atoms with van der Waals surface area (Å²) < 4.78 is 5.19. The summed E-state index contributed by atoms with van der Waals surface area (Å²) >= 11 is 0. The number of carbonyl (C=O) groups is 1. The Labute approximate surface area is 122 Å². The van der Waals surface area contributed by atoms with Crippen molar-refractivity contribution in [3.05, 3.63) is 54.2 Å². The van der Waals surface area contributed by atoms with Crippen LogP contribution < -0.4 is 9.64 Å². The van der Waals surface area contributed by atoms with Crippen LogP contribution in [-0.4, -0.2) is 30.3 Å². The number of rotatable bonds is 3. The topological polar surface area (TPSA) is 58.2 Å². The number of aromatic nitrogens is 2. The second kappa shape index (κ2) is 5.28. The van der Waals surface area contributed by atoms with Crippen LogP contribution in [0.4, 0.5) is 5.69 Å². The minimum absolute atomic E-state index is 0.0836. The van der Waals surface area contributed by atoms with Gasteiger partial charge in [0.15, 0.2) is 0 Å². The van der Waals surface area contributed by atoms with Gasteiger partial charge in [-0.15, -0.1) is 0 Å². The normalized spacial score (nSPS) is 10.6. The maximum atomic E-state index is 12.6. The van der Waals surface area contributed by atoms with Crippen LogP contribution in [0.5, 0.6) is 5.75 Å². The first-order valence-electron chi connectivity index (χ1n) is 6.54. The molecule has 2 aromatic carbocycles. The van der Waals surface area contributed by atoms with E-state index in [9.17, 15) is 4.79 Å². The fourth-order valence-corrected chi connectivity index (χ4v) is 2.20. The van der Waals surface area contributed by atoms with Crippen LogP contribution in [0.3, 0.4) is 0 Å². The van der Waals surface area contributed by atoms with Gasteiger partial charge in [0, 0.05) is 29.8 Å². The molecule has 0 fully saturated rings. The first-order valence-corrected chi connectivity index (χ1v) is 6.54. The minimum atomic E-state index is -0.0836. The van der Waals surface area contributed by atoms with Gasteiger partial charge < -0.3 is 9.64 Å². The van der Waals surface area contributed by atoms with Gasteiger partial charge in [0.05, 0.1) is 18.8 Å². The van der Waals surface area contributed by atoms with Crippen molar-refractivity contribution in [3.63, 3.8) is 0 Å². The van der Waals surface area contributed by atoms with E-state index in [-0.39, 0.29) is 5.91 Å². The molecule has 3 rings (SSSR count). The summed E-state index contributed by atoms with van der Waals surface area (Å²) in [5, 5.41) is 7.81. The van der Waals surface area contributed by atoms with Crippen molar-refractivity contribution < 1.29 is 9.53 Å². The van der Waals surface area contributed by atoms with Gasteiger partial charge in [-0.05, 0) is 24.3 Å². The second-order valence-corrected chi connectivity index (χ2v) is 4.74. The van der Waals surface area contributed by atoms with Gasteiger partial charge in [0.1, 0.15) is 5.75 Å². The number of carbonyl (C=O) groups excluding carboxylic acids is 1. The van der Waals surface area contributed by atoms with Crippen molar-refractivity contribution in [3.8, 4) is 5.75 Å². The van der Waals surface area contributed by atoms with E-state index >= 15 is 0 Å². The molecule has 1 N–H and O–H groups in total. The molecule has 3 aromatic rings. The zero-order valence-electron chi connectivity index (χ0n) is 11.8. The molecule has 0 saturated carbocycles. The van der Waals surface area contributed by atoms with Gasteiger partial charge in [0.2, 0.25) is 0 Å². The third kappa shape index (κ3) is 2.45. The number of anilines is 1. The minimum Gasteiger partial charge on any atom is -0.497 e. The van der Waals surface area contributed by atoms with E-state index in [0.29, 0.717) is 5.56 Å². The highest BCUT2D eigenvalue weighted by atomic mass is 16.5. The van der Waals surface area contributed by atoms with Gasteiger partial charge in [-0.2, -0.15) is 5.10 Å². The lowest BCUT2D eigenvalue weighted by Crippen LogP contribution is -2.26. The fraction of sp³-hybridized carbons (Fsp3) is 0.125. The molecule has 0 unspecified atom stereocenters. The number of nitrogens with one attached hydrogen (secondary N) is 1. The number of ether oxygens (including phenoxy) is 1. The quantitative estimate of drug-likeness (QED) is 0.803. The molecule has 21 heavy (non-hydrogen) atoms. The summed E-state index contributed by atoms with van der Waals surface area (Å²) in [4.78, 5) is 14.2. The van der Waals surface area contributed by atoms with Gasteiger partial charge >= 0.3 is 0 Å². The number of aromatic amines is 1. The molecule has 0 spiro atoms.